The molecular weight excluding hydrogens is 423 g/mol. The average Bonchev–Trinajstić information content (AvgIpc) is 2.73. The first kappa shape index (κ1) is 14.7. The molecule has 0 aliphatic rings. The zero-order chi connectivity index (χ0) is 13.3. The van der Waals surface area contributed by atoms with Crippen molar-refractivity contribution in [2.24, 2.45) is 0 Å². The number of ether oxygens (including phenoxy) is 1. The van der Waals surface area contributed by atoms with Crippen LogP contribution in [0.25, 0.3) is 0 Å². The van der Waals surface area contributed by atoms with Gasteiger partial charge in [0.1, 0.15) is 5.75 Å². The second-order valence-electron chi connectivity index (χ2n) is 3.51. The molecule has 0 saturated heterocycles. The van der Waals surface area contributed by atoms with Crippen molar-refractivity contribution < 1.29 is 4.74 Å². The summed E-state index contributed by atoms with van der Waals surface area (Å²) in [5, 5.41) is 2.31. The minimum absolute atomic E-state index is 0.302. The quantitative estimate of drug-likeness (QED) is 0.522. The van der Waals surface area contributed by atoms with Gasteiger partial charge in [0.15, 0.2) is 0 Å². The lowest BCUT2D eigenvalue weighted by Gasteiger charge is -2.15. The van der Waals surface area contributed by atoms with Crippen molar-refractivity contribution in [3.63, 3.8) is 0 Å². The monoisotopic (exact) mass is 428 g/mol. The van der Waals surface area contributed by atoms with Crippen molar-refractivity contribution in [3.8, 4) is 5.75 Å². The van der Waals surface area contributed by atoms with Crippen LogP contribution in [0.15, 0.2) is 32.5 Å². The standard InChI is InChI=1S/C12H8Br2Cl2OS/c1-17-11-7(4-6(15)5-9(11)14)10(16)12-8(13)2-3-18-12/h2-5,10H,1H3. The van der Waals surface area contributed by atoms with Crippen molar-refractivity contribution in [1.29, 1.82) is 0 Å². The first-order chi connectivity index (χ1) is 8.54. The Morgan fingerprint density at radius 2 is 2.00 bits per heavy atom. The van der Waals surface area contributed by atoms with Crippen LogP contribution in [0.3, 0.4) is 0 Å². The lowest BCUT2D eigenvalue weighted by atomic mass is 10.1. The van der Waals surface area contributed by atoms with E-state index in [-0.39, 0.29) is 5.38 Å². The number of thiophene rings is 1. The summed E-state index contributed by atoms with van der Waals surface area (Å²) in [6.45, 7) is 0. The van der Waals surface area contributed by atoms with Crippen molar-refractivity contribution in [2.45, 2.75) is 5.38 Å². The molecule has 0 radical (unpaired) electrons. The summed E-state index contributed by atoms with van der Waals surface area (Å²) in [5.74, 6) is 0.708. The Morgan fingerprint density at radius 3 is 2.56 bits per heavy atom. The molecule has 6 heteroatoms. The molecule has 2 rings (SSSR count). The van der Waals surface area contributed by atoms with E-state index >= 15 is 0 Å². The van der Waals surface area contributed by atoms with E-state index in [1.165, 1.54) is 0 Å². The zero-order valence-corrected chi connectivity index (χ0v) is 14.7. The van der Waals surface area contributed by atoms with Crippen molar-refractivity contribution in [3.05, 3.63) is 48.0 Å². The SMILES string of the molecule is COc1c(Br)cc(Cl)cc1C(Cl)c1sccc1Br. The fourth-order valence-corrected chi connectivity index (χ4v) is 4.77. The zero-order valence-electron chi connectivity index (χ0n) is 9.22. The maximum atomic E-state index is 6.53. The Kier molecular flexibility index (Phi) is 5.00. The molecule has 0 saturated carbocycles. The predicted molar refractivity (Wildman–Crippen MR) is 85.4 cm³/mol. The summed E-state index contributed by atoms with van der Waals surface area (Å²) in [6, 6.07) is 5.59. The van der Waals surface area contributed by atoms with Crippen molar-refractivity contribution in [1.82, 2.24) is 0 Å². The van der Waals surface area contributed by atoms with E-state index < -0.39 is 0 Å². The van der Waals surface area contributed by atoms with Gasteiger partial charge in [0.25, 0.3) is 0 Å². The number of methoxy groups -OCH3 is 1. The second kappa shape index (κ2) is 6.14. The smallest absolute Gasteiger partial charge is 0.138 e. The predicted octanol–water partition coefficient (Wildman–Crippen LogP) is 6.26. The van der Waals surface area contributed by atoms with E-state index in [2.05, 4.69) is 31.9 Å². The molecule has 1 unspecified atom stereocenters. The first-order valence-electron chi connectivity index (χ1n) is 4.94. The van der Waals surface area contributed by atoms with Gasteiger partial charge >= 0.3 is 0 Å². The van der Waals surface area contributed by atoms with E-state index in [9.17, 15) is 0 Å². The molecule has 0 fully saturated rings. The minimum Gasteiger partial charge on any atom is -0.495 e. The Labute approximate surface area is 136 Å². The molecule has 0 aliphatic heterocycles. The van der Waals surface area contributed by atoms with Crippen molar-refractivity contribution in [2.75, 3.05) is 7.11 Å². The van der Waals surface area contributed by atoms with Crippen LogP contribution in [-0.2, 0) is 0 Å². The van der Waals surface area contributed by atoms with Gasteiger partial charge in [-0.3, -0.25) is 0 Å². The third kappa shape index (κ3) is 2.88. The molecule has 0 amide bonds. The fourth-order valence-electron chi connectivity index (χ4n) is 1.61. The van der Waals surface area contributed by atoms with Crippen LogP contribution in [0.5, 0.6) is 5.75 Å². The minimum atomic E-state index is -0.302. The molecule has 18 heavy (non-hydrogen) atoms. The summed E-state index contributed by atoms with van der Waals surface area (Å²) in [7, 11) is 1.62. The lowest BCUT2D eigenvalue weighted by molar-refractivity contribution is 0.407. The summed E-state index contributed by atoms with van der Waals surface area (Å²) in [6.07, 6.45) is 0. The molecule has 1 nitrogen and oxygen atoms in total. The van der Waals surface area contributed by atoms with Gasteiger partial charge in [-0.2, -0.15) is 0 Å². The Balaban J connectivity index is 2.54. The van der Waals surface area contributed by atoms with Crippen LogP contribution in [0.2, 0.25) is 5.02 Å². The van der Waals surface area contributed by atoms with Crippen LogP contribution in [0.4, 0.5) is 0 Å². The highest BCUT2D eigenvalue weighted by atomic mass is 79.9. The third-order valence-corrected chi connectivity index (χ3v) is 5.71. The average molecular weight is 431 g/mol. The summed E-state index contributed by atoms with van der Waals surface area (Å²) >= 11 is 21.1. The van der Waals surface area contributed by atoms with E-state index in [0.29, 0.717) is 10.8 Å². The molecule has 0 bridgehead atoms. The fraction of sp³-hybridized carbons (Fsp3) is 0.167. The van der Waals surface area contributed by atoms with Gasteiger partial charge in [0.2, 0.25) is 0 Å². The molecule has 1 aromatic heterocycles. The second-order valence-corrected chi connectivity index (χ2v) is 7.03. The van der Waals surface area contributed by atoms with E-state index in [1.54, 1.807) is 24.5 Å². The van der Waals surface area contributed by atoms with Crippen LogP contribution in [-0.4, -0.2) is 7.11 Å². The topological polar surface area (TPSA) is 9.23 Å². The summed E-state index contributed by atoms with van der Waals surface area (Å²) in [4.78, 5) is 1.03. The van der Waals surface area contributed by atoms with E-state index in [1.807, 2.05) is 17.5 Å². The number of hydrogen-bond donors (Lipinski definition) is 0. The number of hydrogen-bond acceptors (Lipinski definition) is 2. The molecular formula is C12H8Br2Cl2OS. The highest BCUT2D eigenvalue weighted by Crippen LogP contribution is 2.44. The van der Waals surface area contributed by atoms with E-state index in [0.717, 1.165) is 19.4 Å². The Hall–Kier alpha value is 0.260. The Morgan fingerprint density at radius 1 is 1.28 bits per heavy atom. The largest absolute Gasteiger partial charge is 0.495 e. The van der Waals surface area contributed by atoms with Crippen LogP contribution < -0.4 is 4.74 Å². The van der Waals surface area contributed by atoms with Gasteiger partial charge in [-0.05, 0) is 55.4 Å². The van der Waals surface area contributed by atoms with Gasteiger partial charge < -0.3 is 4.74 Å². The maximum absolute atomic E-state index is 6.53. The van der Waals surface area contributed by atoms with Crippen LogP contribution in [0.1, 0.15) is 15.8 Å². The van der Waals surface area contributed by atoms with Crippen LogP contribution in [0, 0.1) is 0 Å². The number of alkyl halides is 1. The van der Waals surface area contributed by atoms with Gasteiger partial charge in [0.05, 0.1) is 17.0 Å². The molecule has 0 N–H and O–H groups in total. The molecule has 0 aliphatic carbocycles. The first-order valence-corrected chi connectivity index (χ1v) is 8.22. The van der Waals surface area contributed by atoms with Gasteiger partial charge in [0, 0.05) is 19.9 Å². The Bertz CT molecular complexity index is 571. The number of benzene rings is 1. The van der Waals surface area contributed by atoms with Crippen LogP contribution >= 0.6 is 66.4 Å². The molecule has 2 aromatic rings. The van der Waals surface area contributed by atoms with Gasteiger partial charge in [-0.15, -0.1) is 22.9 Å². The van der Waals surface area contributed by atoms with Crippen molar-refractivity contribution >= 4 is 66.4 Å². The number of rotatable bonds is 3. The molecule has 1 aromatic carbocycles. The molecule has 1 atom stereocenters. The van der Waals surface area contributed by atoms with E-state index in [4.69, 9.17) is 27.9 Å². The van der Waals surface area contributed by atoms with Gasteiger partial charge in [-0.1, -0.05) is 11.6 Å². The highest BCUT2D eigenvalue weighted by Gasteiger charge is 2.21. The summed E-state index contributed by atoms with van der Waals surface area (Å²) in [5.41, 5.74) is 0.849. The summed E-state index contributed by atoms with van der Waals surface area (Å²) < 4.78 is 7.18. The normalized spacial score (nSPS) is 12.5. The molecule has 1 heterocycles. The molecule has 96 valence electrons. The number of halogens is 4. The lowest BCUT2D eigenvalue weighted by Crippen LogP contribution is -1.97. The molecule has 0 spiro atoms. The van der Waals surface area contributed by atoms with Gasteiger partial charge in [-0.25, -0.2) is 0 Å². The highest BCUT2D eigenvalue weighted by molar-refractivity contribution is 9.11. The third-order valence-electron chi connectivity index (χ3n) is 2.39. The maximum Gasteiger partial charge on any atom is 0.138 e.